The number of aryl methyl sites for hydroxylation is 2. The largest absolute Gasteiger partial charge is 0.416 e. The van der Waals surface area contributed by atoms with Crippen LogP contribution in [0.2, 0.25) is 0 Å². The molecule has 0 saturated carbocycles. The highest BCUT2D eigenvalue weighted by Gasteiger charge is 2.30. The molecular formula is C16H13F3N8S. The maximum absolute atomic E-state index is 12.7. The fourth-order valence-corrected chi connectivity index (χ4v) is 3.35. The summed E-state index contributed by atoms with van der Waals surface area (Å²) in [6.07, 6.45) is -4.39. The molecule has 0 radical (unpaired) electrons. The molecule has 1 aromatic carbocycles. The lowest BCUT2D eigenvalue weighted by Gasteiger charge is -2.08. The zero-order valence-electron chi connectivity index (χ0n) is 14.7. The van der Waals surface area contributed by atoms with E-state index < -0.39 is 11.7 Å². The first kappa shape index (κ1) is 18.3. The molecule has 3 heterocycles. The van der Waals surface area contributed by atoms with E-state index in [0.717, 1.165) is 23.5 Å². The predicted molar refractivity (Wildman–Crippen MR) is 94.0 cm³/mol. The molecule has 4 rings (SSSR count). The van der Waals surface area contributed by atoms with Gasteiger partial charge in [0.25, 0.3) is 5.78 Å². The van der Waals surface area contributed by atoms with Gasteiger partial charge in [-0.15, -0.1) is 10.2 Å². The number of aromatic nitrogens is 8. The fourth-order valence-electron chi connectivity index (χ4n) is 2.63. The van der Waals surface area contributed by atoms with Crippen LogP contribution < -0.4 is 0 Å². The van der Waals surface area contributed by atoms with Crippen molar-refractivity contribution in [3.63, 3.8) is 0 Å². The molecule has 0 aliphatic heterocycles. The lowest BCUT2D eigenvalue weighted by molar-refractivity contribution is -0.137. The smallest absolute Gasteiger partial charge is 0.216 e. The number of tetrazole rings is 1. The van der Waals surface area contributed by atoms with Gasteiger partial charge in [0.05, 0.1) is 17.0 Å². The van der Waals surface area contributed by atoms with Crippen molar-refractivity contribution < 1.29 is 13.2 Å². The van der Waals surface area contributed by atoms with Crippen molar-refractivity contribution in [2.45, 2.75) is 30.9 Å². The highest BCUT2D eigenvalue weighted by molar-refractivity contribution is 7.98. The van der Waals surface area contributed by atoms with Crippen molar-refractivity contribution in [2.75, 3.05) is 0 Å². The molecule has 0 aliphatic carbocycles. The normalized spacial score (nSPS) is 12.0. The van der Waals surface area contributed by atoms with Crippen LogP contribution in [-0.4, -0.2) is 39.8 Å². The van der Waals surface area contributed by atoms with Crippen molar-refractivity contribution in [1.29, 1.82) is 0 Å². The van der Waals surface area contributed by atoms with E-state index in [2.05, 4.69) is 30.6 Å². The highest BCUT2D eigenvalue weighted by Crippen LogP contribution is 2.29. The molecule has 0 N–H and O–H groups in total. The van der Waals surface area contributed by atoms with Gasteiger partial charge in [0, 0.05) is 11.4 Å². The minimum Gasteiger partial charge on any atom is -0.216 e. The third-order valence-corrected chi connectivity index (χ3v) is 4.74. The number of alkyl halides is 3. The van der Waals surface area contributed by atoms with Gasteiger partial charge in [0.2, 0.25) is 5.16 Å². The van der Waals surface area contributed by atoms with E-state index in [1.165, 1.54) is 28.6 Å². The first-order chi connectivity index (χ1) is 13.3. The van der Waals surface area contributed by atoms with E-state index in [1.54, 1.807) is 4.52 Å². The molecule has 4 aromatic rings. The quantitative estimate of drug-likeness (QED) is 0.482. The van der Waals surface area contributed by atoms with E-state index in [1.807, 2.05) is 19.9 Å². The van der Waals surface area contributed by atoms with Crippen LogP contribution in [-0.2, 0) is 11.9 Å². The molecule has 0 atom stereocenters. The average molecular weight is 406 g/mol. The standard InChI is InChI=1S/C16H13F3N8S/c1-9-7-10(2)26-14(20-9)21-15(23-26)28-8-13-22-24-25-27(13)12-5-3-11(4-6-12)16(17,18)19/h3-7H,8H2,1-2H3. The van der Waals surface area contributed by atoms with Crippen LogP contribution in [0.25, 0.3) is 11.5 Å². The molecule has 28 heavy (non-hydrogen) atoms. The topological polar surface area (TPSA) is 86.7 Å². The lowest BCUT2D eigenvalue weighted by Crippen LogP contribution is -2.06. The van der Waals surface area contributed by atoms with Gasteiger partial charge in [-0.3, -0.25) is 0 Å². The fraction of sp³-hybridized carbons (Fsp3) is 0.250. The molecule has 12 heteroatoms. The predicted octanol–water partition coefficient (Wildman–Crippen LogP) is 3.03. The Morgan fingerprint density at radius 1 is 1.07 bits per heavy atom. The van der Waals surface area contributed by atoms with Crippen LogP contribution in [0.1, 0.15) is 22.8 Å². The molecule has 8 nitrogen and oxygen atoms in total. The van der Waals surface area contributed by atoms with E-state index in [9.17, 15) is 13.2 Å². The number of nitrogens with zero attached hydrogens (tertiary/aromatic N) is 8. The van der Waals surface area contributed by atoms with Crippen LogP contribution in [0, 0.1) is 13.8 Å². The molecule has 144 valence electrons. The number of benzene rings is 1. The van der Waals surface area contributed by atoms with Gasteiger partial charge in [-0.1, -0.05) is 11.8 Å². The van der Waals surface area contributed by atoms with Crippen molar-refractivity contribution >= 4 is 17.5 Å². The third kappa shape index (κ3) is 3.54. The zero-order valence-corrected chi connectivity index (χ0v) is 15.5. The van der Waals surface area contributed by atoms with Gasteiger partial charge in [-0.05, 0) is 54.6 Å². The Balaban J connectivity index is 1.54. The molecule has 0 amide bonds. The summed E-state index contributed by atoms with van der Waals surface area (Å²) in [4.78, 5) is 8.71. The number of hydrogen-bond donors (Lipinski definition) is 0. The zero-order chi connectivity index (χ0) is 19.9. The molecule has 3 aromatic heterocycles. The summed E-state index contributed by atoms with van der Waals surface area (Å²) in [6.45, 7) is 3.79. The molecule has 0 spiro atoms. The highest BCUT2D eigenvalue weighted by atomic mass is 32.2. The molecular weight excluding hydrogens is 393 g/mol. The lowest BCUT2D eigenvalue weighted by atomic mass is 10.2. The second-order valence-electron chi connectivity index (χ2n) is 5.99. The van der Waals surface area contributed by atoms with Crippen LogP contribution in [0.5, 0.6) is 0 Å². The second-order valence-corrected chi connectivity index (χ2v) is 6.93. The van der Waals surface area contributed by atoms with E-state index in [0.29, 0.717) is 28.2 Å². The van der Waals surface area contributed by atoms with Gasteiger partial charge in [-0.25, -0.2) is 9.50 Å². The molecule has 0 unspecified atom stereocenters. The number of thioether (sulfide) groups is 1. The minimum atomic E-state index is -4.39. The Labute approximate surface area is 160 Å². The van der Waals surface area contributed by atoms with Gasteiger partial charge < -0.3 is 0 Å². The maximum atomic E-state index is 12.7. The summed E-state index contributed by atoms with van der Waals surface area (Å²) in [6, 6.07) is 6.54. The number of hydrogen-bond acceptors (Lipinski definition) is 7. The van der Waals surface area contributed by atoms with Gasteiger partial charge >= 0.3 is 6.18 Å². The summed E-state index contributed by atoms with van der Waals surface area (Å²) in [5, 5.41) is 16.3. The Kier molecular flexibility index (Phi) is 4.49. The van der Waals surface area contributed by atoms with Crippen molar-refractivity contribution in [1.82, 2.24) is 39.8 Å². The van der Waals surface area contributed by atoms with E-state index >= 15 is 0 Å². The number of fused-ring (bicyclic) bond motifs is 1. The molecule has 0 fully saturated rings. The Bertz CT molecular complexity index is 1130. The second kappa shape index (κ2) is 6.86. The van der Waals surface area contributed by atoms with Crippen molar-refractivity contribution in [3.8, 4) is 5.69 Å². The summed E-state index contributed by atoms with van der Waals surface area (Å²) in [5.41, 5.74) is 1.47. The first-order valence-electron chi connectivity index (χ1n) is 8.10. The van der Waals surface area contributed by atoms with Crippen molar-refractivity contribution in [3.05, 3.63) is 53.1 Å². The SMILES string of the molecule is Cc1cc(C)n2nc(SCc3nnnn3-c3ccc(C(F)(F)F)cc3)nc2n1. The summed E-state index contributed by atoms with van der Waals surface area (Å²) < 4.78 is 41.2. The van der Waals surface area contributed by atoms with Gasteiger partial charge in [-0.2, -0.15) is 22.8 Å². The monoisotopic (exact) mass is 406 g/mol. The Morgan fingerprint density at radius 3 is 2.54 bits per heavy atom. The average Bonchev–Trinajstić information content (AvgIpc) is 3.25. The Morgan fingerprint density at radius 2 is 1.82 bits per heavy atom. The summed E-state index contributed by atoms with van der Waals surface area (Å²) in [7, 11) is 0. The number of halogens is 3. The van der Waals surface area contributed by atoms with Crippen LogP contribution in [0.3, 0.4) is 0 Å². The third-order valence-electron chi connectivity index (χ3n) is 3.90. The minimum absolute atomic E-state index is 0.336. The van der Waals surface area contributed by atoms with Crippen LogP contribution >= 0.6 is 11.8 Å². The Hall–Kier alpha value is -3.02. The molecule has 0 aliphatic rings. The number of rotatable bonds is 4. The molecule has 0 bridgehead atoms. The summed E-state index contributed by atoms with van der Waals surface area (Å²) >= 11 is 1.31. The first-order valence-corrected chi connectivity index (χ1v) is 9.08. The van der Waals surface area contributed by atoms with Crippen LogP contribution in [0.4, 0.5) is 13.2 Å². The van der Waals surface area contributed by atoms with Crippen LogP contribution in [0.15, 0.2) is 35.5 Å². The van der Waals surface area contributed by atoms with Gasteiger partial charge in [0.15, 0.2) is 5.82 Å². The van der Waals surface area contributed by atoms with Crippen molar-refractivity contribution in [2.24, 2.45) is 0 Å². The van der Waals surface area contributed by atoms with E-state index in [4.69, 9.17) is 0 Å². The van der Waals surface area contributed by atoms with E-state index in [-0.39, 0.29) is 0 Å². The molecule has 0 saturated heterocycles. The maximum Gasteiger partial charge on any atom is 0.416 e. The summed E-state index contributed by atoms with van der Waals surface area (Å²) in [5.74, 6) is 1.30. The van der Waals surface area contributed by atoms with Gasteiger partial charge in [0.1, 0.15) is 0 Å².